The van der Waals surface area contributed by atoms with Gasteiger partial charge in [-0.2, -0.15) is 8.75 Å². The largest absolute Gasteiger partial charge is 0.497 e. The van der Waals surface area contributed by atoms with Crippen LogP contribution in [-0.4, -0.2) is 34.3 Å². The Morgan fingerprint density at radius 1 is 1.12 bits per heavy atom. The molecule has 8 heteroatoms. The summed E-state index contributed by atoms with van der Waals surface area (Å²) in [6.07, 6.45) is 0.736. The standard InChI is InChI=1S/C18H17N3O4S/c1-24-13-8-5-12(6-9-13)7-10-17(23)25-11-16(22)19-14-3-2-4-15-18(14)21-26-20-15/h2-6,8-9H,7,10-11H2,1H3,(H,19,22). The van der Waals surface area contributed by atoms with Crippen LogP contribution >= 0.6 is 11.7 Å². The van der Waals surface area contributed by atoms with Crippen molar-refractivity contribution in [2.45, 2.75) is 12.8 Å². The van der Waals surface area contributed by atoms with Crippen LogP contribution < -0.4 is 10.1 Å². The molecule has 0 aliphatic rings. The Labute approximate surface area is 154 Å². The Bertz CT molecular complexity index is 908. The number of fused-ring (bicyclic) bond motifs is 1. The van der Waals surface area contributed by atoms with E-state index < -0.39 is 11.9 Å². The average Bonchev–Trinajstić information content (AvgIpc) is 3.15. The number of hydrogen-bond acceptors (Lipinski definition) is 7. The first-order valence-corrected chi connectivity index (χ1v) is 8.68. The van der Waals surface area contributed by atoms with Gasteiger partial charge in [0.2, 0.25) is 0 Å². The maximum absolute atomic E-state index is 12.0. The smallest absolute Gasteiger partial charge is 0.306 e. The van der Waals surface area contributed by atoms with E-state index in [0.717, 1.165) is 23.0 Å². The second kappa shape index (κ2) is 8.39. The lowest BCUT2D eigenvalue weighted by molar-refractivity contribution is -0.147. The van der Waals surface area contributed by atoms with Gasteiger partial charge in [0.05, 0.1) is 24.5 Å². The zero-order chi connectivity index (χ0) is 18.4. The van der Waals surface area contributed by atoms with Crippen molar-refractivity contribution >= 4 is 40.3 Å². The number of methoxy groups -OCH3 is 1. The van der Waals surface area contributed by atoms with Crippen LogP contribution in [0.15, 0.2) is 42.5 Å². The van der Waals surface area contributed by atoms with Crippen LogP contribution in [0, 0.1) is 0 Å². The molecule has 0 saturated heterocycles. The van der Waals surface area contributed by atoms with E-state index in [2.05, 4.69) is 14.1 Å². The summed E-state index contributed by atoms with van der Waals surface area (Å²) >= 11 is 1.07. The minimum atomic E-state index is -0.426. The lowest BCUT2D eigenvalue weighted by Crippen LogP contribution is -2.21. The highest BCUT2D eigenvalue weighted by Crippen LogP contribution is 2.21. The first-order chi connectivity index (χ1) is 12.7. The fraction of sp³-hybridized carbons (Fsp3) is 0.222. The molecule has 0 aliphatic heterocycles. The molecule has 134 valence electrons. The summed E-state index contributed by atoms with van der Waals surface area (Å²) in [5, 5.41) is 2.69. The molecular weight excluding hydrogens is 354 g/mol. The number of nitrogens with zero attached hydrogens (tertiary/aromatic N) is 2. The maximum Gasteiger partial charge on any atom is 0.306 e. The van der Waals surface area contributed by atoms with Crippen LogP contribution in [0.25, 0.3) is 11.0 Å². The van der Waals surface area contributed by atoms with E-state index >= 15 is 0 Å². The first kappa shape index (κ1) is 17.8. The highest BCUT2D eigenvalue weighted by atomic mass is 32.1. The van der Waals surface area contributed by atoms with Gasteiger partial charge in [0.15, 0.2) is 6.61 Å². The van der Waals surface area contributed by atoms with Gasteiger partial charge < -0.3 is 14.8 Å². The van der Waals surface area contributed by atoms with Gasteiger partial charge in [0, 0.05) is 6.42 Å². The fourth-order valence-electron chi connectivity index (χ4n) is 2.35. The van der Waals surface area contributed by atoms with Gasteiger partial charge in [-0.25, -0.2) is 0 Å². The number of nitrogens with one attached hydrogen (secondary N) is 1. The Morgan fingerprint density at radius 2 is 1.92 bits per heavy atom. The van der Waals surface area contributed by atoms with E-state index in [1.165, 1.54) is 0 Å². The second-order valence-corrected chi connectivity index (χ2v) is 6.02. The molecular formula is C18H17N3O4S. The normalized spacial score (nSPS) is 10.5. The minimum Gasteiger partial charge on any atom is -0.497 e. The Balaban J connectivity index is 1.45. The predicted octanol–water partition coefficient (Wildman–Crippen LogP) is 2.81. The van der Waals surface area contributed by atoms with Gasteiger partial charge in [0.25, 0.3) is 5.91 Å². The Kier molecular flexibility index (Phi) is 5.75. The van der Waals surface area contributed by atoms with Crippen LogP contribution in [0.3, 0.4) is 0 Å². The van der Waals surface area contributed by atoms with E-state index in [9.17, 15) is 9.59 Å². The quantitative estimate of drug-likeness (QED) is 0.642. The van der Waals surface area contributed by atoms with Crippen molar-refractivity contribution in [2.75, 3.05) is 19.0 Å². The molecule has 1 aromatic heterocycles. The molecule has 1 heterocycles. The number of benzene rings is 2. The van der Waals surface area contributed by atoms with Crippen molar-refractivity contribution in [1.82, 2.24) is 8.75 Å². The molecule has 3 rings (SSSR count). The summed E-state index contributed by atoms with van der Waals surface area (Å²) in [7, 11) is 1.60. The van der Waals surface area contributed by atoms with Crippen LogP contribution in [0.4, 0.5) is 5.69 Å². The molecule has 0 unspecified atom stereocenters. The number of anilines is 1. The third-order valence-electron chi connectivity index (χ3n) is 3.70. The van der Waals surface area contributed by atoms with Gasteiger partial charge in [-0.1, -0.05) is 18.2 Å². The van der Waals surface area contributed by atoms with E-state index in [1.807, 2.05) is 30.3 Å². The summed E-state index contributed by atoms with van der Waals surface area (Å²) < 4.78 is 18.4. The molecule has 1 amide bonds. The molecule has 0 saturated carbocycles. The topological polar surface area (TPSA) is 90.4 Å². The van der Waals surface area contributed by atoms with Crippen LogP contribution in [0.5, 0.6) is 5.75 Å². The van der Waals surface area contributed by atoms with E-state index in [-0.39, 0.29) is 13.0 Å². The summed E-state index contributed by atoms with van der Waals surface area (Å²) in [5.74, 6) is -0.0777. The van der Waals surface area contributed by atoms with Crippen molar-refractivity contribution in [3.05, 3.63) is 48.0 Å². The molecule has 7 nitrogen and oxygen atoms in total. The van der Waals surface area contributed by atoms with Crippen molar-refractivity contribution in [3.8, 4) is 5.75 Å². The number of esters is 1. The summed E-state index contributed by atoms with van der Waals surface area (Å²) in [6, 6.07) is 12.8. The van der Waals surface area contributed by atoms with E-state index in [0.29, 0.717) is 23.1 Å². The molecule has 0 radical (unpaired) electrons. The first-order valence-electron chi connectivity index (χ1n) is 7.95. The van der Waals surface area contributed by atoms with Gasteiger partial charge in [-0.3, -0.25) is 9.59 Å². The molecule has 0 spiro atoms. The van der Waals surface area contributed by atoms with E-state index in [4.69, 9.17) is 9.47 Å². The van der Waals surface area contributed by atoms with Crippen molar-refractivity contribution in [3.63, 3.8) is 0 Å². The zero-order valence-corrected chi connectivity index (χ0v) is 14.9. The third kappa shape index (κ3) is 4.54. The number of aromatic nitrogens is 2. The van der Waals surface area contributed by atoms with Crippen LogP contribution in [0.2, 0.25) is 0 Å². The van der Waals surface area contributed by atoms with Gasteiger partial charge in [-0.05, 0) is 36.2 Å². The lowest BCUT2D eigenvalue weighted by Gasteiger charge is -2.07. The number of ether oxygens (including phenoxy) is 2. The number of amides is 1. The minimum absolute atomic E-state index is 0.200. The molecule has 0 atom stereocenters. The number of hydrogen-bond donors (Lipinski definition) is 1. The highest BCUT2D eigenvalue weighted by molar-refractivity contribution is 7.00. The van der Waals surface area contributed by atoms with Gasteiger partial charge >= 0.3 is 5.97 Å². The van der Waals surface area contributed by atoms with Crippen molar-refractivity contribution in [1.29, 1.82) is 0 Å². The lowest BCUT2D eigenvalue weighted by atomic mass is 10.1. The summed E-state index contributed by atoms with van der Waals surface area (Å²) in [5.41, 5.74) is 2.88. The average molecular weight is 371 g/mol. The maximum atomic E-state index is 12.0. The predicted molar refractivity (Wildman–Crippen MR) is 98.3 cm³/mol. The summed E-state index contributed by atoms with van der Waals surface area (Å²) in [6.45, 7) is -0.338. The number of carbonyl (C=O) groups excluding carboxylic acids is 2. The van der Waals surface area contributed by atoms with Gasteiger partial charge in [0.1, 0.15) is 16.8 Å². The molecule has 3 aromatic rings. The van der Waals surface area contributed by atoms with Crippen molar-refractivity contribution in [2.24, 2.45) is 0 Å². The number of carbonyl (C=O) groups is 2. The SMILES string of the molecule is COc1ccc(CCC(=O)OCC(=O)Nc2cccc3nsnc23)cc1. The fourth-order valence-corrected chi connectivity index (χ4v) is 2.90. The van der Waals surface area contributed by atoms with E-state index in [1.54, 1.807) is 19.2 Å². The molecule has 0 aliphatic carbocycles. The molecule has 0 fully saturated rings. The molecule has 1 N–H and O–H groups in total. The Hall–Kier alpha value is -3.00. The highest BCUT2D eigenvalue weighted by Gasteiger charge is 2.11. The van der Waals surface area contributed by atoms with Crippen LogP contribution in [0.1, 0.15) is 12.0 Å². The molecule has 2 aromatic carbocycles. The zero-order valence-electron chi connectivity index (χ0n) is 14.1. The van der Waals surface area contributed by atoms with Crippen molar-refractivity contribution < 1.29 is 19.1 Å². The number of rotatable bonds is 7. The van der Waals surface area contributed by atoms with Crippen LogP contribution in [-0.2, 0) is 20.7 Å². The third-order valence-corrected chi connectivity index (χ3v) is 4.24. The molecule has 0 bridgehead atoms. The monoisotopic (exact) mass is 371 g/mol. The summed E-state index contributed by atoms with van der Waals surface area (Å²) in [4.78, 5) is 23.8. The Morgan fingerprint density at radius 3 is 2.69 bits per heavy atom. The van der Waals surface area contributed by atoms with Gasteiger partial charge in [-0.15, -0.1) is 0 Å². The molecule has 26 heavy (non-hydrogen) atoms. The second-order valence-electron chi connectivity index (χ2n) is 5.49. The number of aryl methyl sites for hydroxylation is 1.